The van der Waals surface area contributed by atoms with Crippen molar-refractivity contribution < 1.29 is 38.1 Å². The summed E-state index contributed by atoms with van der Waals surface area (Å²) >= 11 is 0. The lowest BCUT2D eigenvalue weighted by Crippen LogP contribution is -2.41. The molecule has 0 radical (unpaired) electrons. The van der Waals surface area contributed by atoms with E-state index in [0.717, 1.165) is 18.3 Å². The molecular weight excluding hydrogens is 572 g/mol. The first-order valence-electron chi connectivity index (χ1n) is 15.8. The zero-order valence-corrected chi connectivity index (χ0v) is 28.3. The average Bonchev–Trinajstić information content (AvgIpc) is 2.97. The zero-order valence-electron chi connectivity index (χ0n) is 28.3. The highest BCUT2D eigenvalue weighted by Gasteiger charge is 2.47. The van der Waals surface area contributed by atoms with E-state index in [9.17, 15) is 19.2 Å². The van der Waals surface area contributed by atoms with Crippen LogP contribution in [0.5, 0.6) is 0 Å². The molecule has 45 heavy (non-hydrogen) atoms. The van der Waals surface area contributed by atoms with Crippen LogP contribution in [-0.4, -0.2) is 50.3 Å². The maximum absolute atomic E-state index is 12.5. The molecule has 4 aliphatic rings. The summed E-state index contributed by atoms with van der Waals surface area (Å²) in [6.07, 6.45) is 11.1. The first kappa shape index (κ1) is 41.4. The van der Waals surface area contributed by atoms with E-state index in [1.807, 2.05) is 18.8 Å². The summed E-state index contributed by atoms with van der Waals surface area (Å²) in [5.41, 5.74) is 3.64. The number of carbonyl (C=O) groups excluding carboxylic acids is 4. The molecule has 4 rings (SSSR count). The van der Waals surface area contributed by atoms with Crippen LogP contribution in [0.15, 0.2) is 46.6 Å². The number of esters is 4. The third-order valence-corrected chi connectivity index (χ3v) is 7.72. The van der Waals surface area contributed by atoms with Gasteiger partial charge >= 0.3 is 23.9 Å². The van der Waals surface area contributed by atoms with E-state index in [1.165, 1.54) is 17.6 Å². The van der Waals surface area contributed by atoms with Gasteiger partial charge in [-0.15, -0.1) is 0 Å². The molecule has 0 heterocycles. The third kappa shape index (κ3) is 13.1. The Bertz CT molecular complexity index is 1170. The van der Waals surface area contributed by atoms with Crippen molar-refractivity contribution >= 4 is 23.9 Å². The fraction of sp³-hybridized carbons (Fsp3) is 0.622. The van der Waals surface area contributed by atoms with Crippen LogP contribution in [0.3, 0.4) is 0 Å². The molecule has 0 saturated heterocycles. The van der Waals surface area contributed by atoms with Crippen LogP contribution in [0.25, 0.3) is 0 Å². The van der Waals surface area contributed by atoms with Crippen molar-refractivity contribution in [3.05, 3.63) is 46.6 Å². The monoisotopic (exact) mass is 628 g/mol. The predicted octanol–water partition coefficient (Wildman–Crippen LogP) is 7.19. The molecule has 4 aliphatic carbocycles. The van der Waals surface area contributed by atoms with Gasteiger partial charge in [-0.1, -0.05) is 70.6 Å². The second kappa shape index (κ2) is 21.2. The van der Waals surface area contributed by atoms with Crippen LogP contribution in [0, 0.1) is 47.3 Å². The van der Waals surface area contributed by atoms with Crippen LogP contribution in [-0.2, 0) is 38.1 Å². The van der Waals surface area contributed by atoms with E-state index in [2.05, 4.69) is 68.4 Å². The van der Waals surface area contributed by atoms with E-state index in [-0.39, 0.29) is 44.4 Å². The summed E-state index contributed by atoms with van der Waals surface area (Å²) in [6.45, 7) is 21.1. The molecule has 8 heteroatoms. The number of ether oxygens (including phenoxy) is 4. The Morgan fingerprint density at radius 1 is 0.778 bits per heavy atom. The fourth-order valence-corrected chi connectivity index (χ4v) is 5.51. The molecule has 0 aromatic heterocycles. The second-order valence-electron chi connectivity index (χ2n) is 11.5. The molecule has 0 aliphatic heterocycles. The van der Waals surface area contributed by atoms with Crippen LogP contribution in [0.2, 0.25) is 0 Å². The van der Waals surface area contributed by atoms with Gasteiger partial charge in [0.05, 0.1) is 37.6 Å². The molecular formula is C37H56O8. The van der Waals surface area contributed by atoms with E-state index in [1.54, 1.807) is 27.7 Å². The first-order valence-corrected chi connectivity index (χ1v) is 15.8. The molecule has 252 valence electrons. The zero-order chi connectivity index (χ0) is 33.4. The molecule has 0 saturated carbocycles. The Morgan fingerprint density at radius 2 is 1.27 bits per heavy atom. The maximum atomic E-state index is 12.5. The average molecular weight is 629 g/mol. The fourth-order valence-electron chi connectivity index (χ4n) is 5.51. The number of fused-ring (bicyclic) bond motifs is 1. The Kier molecular flexibility index (Phi) is 19.5. The van der Waals surface area contributed by atoms with Gasteiger partial charge in [-0.3, -0.25) is 0 Å². The Hall–Kier alpha value is -3.60. The van der Waals surface area contributed by atoms with Gasteiger partial charge in [-0.05, 0) is 78.1 Å². The minimum absolute atomic E-state index is 0. The summed E-state index contributed by atoms with van der Waals surface area (Å²) in [4.78, 5) is 46.0. The summed E-state index contributed by atoms with van der Waals surface area (Å²) in [5, 5.41) is 0. The van der Waals surface area contributed by atoms with E-state index in [0.29, 0.717) is 36.2 Å². The smallest absolute Gasteiger partial charge is 0.384 e. The molecule has 2 bridgehead atoms. The lowest BCUT2D eigenvalue weighted by molar-refractivity contribution is -0.143. The second-order valence-corrected chi connectivity index (χ2v) is 11.5. The highest BCUT2D eigenvalue weighted by atomic mass is 16.5. The number of hydrogen-bond donors (Lipinski definition) is 0. The molecule has 4 unspecified atom stereocenters. The van der Waals surface area contributed by atoms with Gasteiger partial charge in [0.25, 0.3) is 0 Å². The summed E-state index contributed by atoms with van der Waals surface area (Å²) < 4.78 is 19.3. The SMILES string of the molecule is C.CC1=CCC(C(C)C)C=C1.CCOC(=O)C#CC(=O)OCC.CCOC(=O)C1=C(C(=O)OCC)C2C(C)=CC1CC2C(C)C. The van der Waals surface area contributed by atoms with Crippen molar-refractivity contribution in [2.45, 2.75) is 89.5 Å². The highest BCUT2D eigenvalue weighted by molar-refractivity contribution is 6.03. The van der Waals surface area contributed by atoms with Gasteiger partial charge < -0.3 is 18.9 Å². The molecule has 0 amide bonds. The Morgan fingerprint density at radius 3 is 1.67 bits per heavy atom. The van der Waals surface area contributed by atoms with Gasteiger partial charge in [-0.2, -0.15) is 0 Å². The molecule has 0 N–H and O–H groups in total. The van der Waals surface area contributed by atoms with E-state index >= 15 is 0 Å². The molecule has 8 nitrogen and oxygen atoms in total. The molecule has 0 aromatic carbocycles. The van der Waals surface area contributed by atoms with Gasteiger partial charge in [-0.25, -0.2) is 19.2 Å². The molecule has 0 fully saturated rings. The van der Waals surface area contributed by atoms with E-state index in [4.69, 9.17) is 9.47 Å². The van der Waals surface area contributed by atoms with Crippen LogP contribution in [0.4, 0.5) is 0 Å². The number of rotatable bonds is 8. The predicted molar refractivity (Wildman–Crippen MR) is 178 cm³/mol. The largest absolute Gasteiger partial charge is 0.463 e. The topological polar surface area (TPSA) is 105 Å². The van der Waals surface area contributed by atoms with Gasteiger partial charge in [0.1, 0.15) is 0 Å². The van der Waals surface area contributed by atoms with Crippen LogP contribution < -0.4 is 0 Å². The van der Waals surface area contributed by atoms with Gasteiger partial charge in [0, 0.05) is 23.7 Å². The van der Waals surface area contributed by atoms with Crippen molar-refractivity contribution in [1.29, 1.82) is 0 Å². The molecule has 0 aromatic rings. The standard InChI is InChI=1S/C18H26O4.C10H16.C8H10O4.CH4/c1-6-21-17(19)15-12-8-11(5)14(13(9-12)10(3)4)16(15)18(20)22-7-2;1-8(2)10-6-4-9(3)5-7-10;1-3-11-7(9)5-6-8(10)12-4-2;/h8,10,12-14H,6-7,9H2,1-5H3;4-6,8,10H,7H2,1-3H3;3-4H2,1-2H3;1H4. The Balaban J connectivity index is 0.000000712. The quantitative estimate of drug-likeness (QED) is 0.0914. The summed E-state index contributed by atoms with van der Waals surface area (Å²) in [6, 6.07) is 0. The number of carbonyl (C=O) groups is 4. The van der Waals surface area contributed by atoms with Gasteiger partial charge in [0.15, 0.2) is 0 Å². The van der Waals surface area contributed by atoms with Crippen molar-refractivity contribution in [3.63, 3.8) is 0 Å². The van der Waals surface area contributed by atoms with E-state index < -0.39 is 11.9 Å². The van der Waals surface area contributed by atoms with Crippen molar-refractivity contribution in [1.82, 2.24) is 0 Å². The lowest BCUT2D eigenvalue weighted by Gasteiger charge is -2.44. The molecule has 0 spiro atoms. The summed E-state index contributed by atoms with van der Waals surface area (Å²) in [7, 11) is 0. The van der Waals surface area contributed by atoms with Crippen LogP contribution in [0.1, 0.15) is 89.5 Å². The lowest BCUT2D eigenvalue weighted by atomic mass is 9.59. The highest BCUT2D eigenvalue weighted by Crippen LogP contribution is 2.51. The normalized spacial score (nSPS) is 20.9. The number of allylic oxidation sites excluding steroid dienone is 6. The van der Waals surface area contributed by atoms with Crippen molar-refractivity contribution in [2.75, 3.05) is 26.4 Å². The van der Waals surface area contributed by atoms with Crippen LogP contribution >= 0.6 is 0 Å². The maximum Gasteiger partial charge on any atom is 0.384 e. The number of hydrogen-bond acceptors (Lipinski definition) is 8. The van der Waals surface area contributed by atoms with Crippen molar-refractivity contribution in [2.24, 2.45) is 35.5 Å². The minimum atomic E-state index is -0.717. The first-order chi connectivity index (χ1) is 20.8. The molecule has 4 atom stereocenters. The third-order valence-electron chi connectivity index (χ3n) is 7.72. The van der Waals surface area contributed by atoms with Gasteiger partial charge in [0.2, 0.25) is 0 Å². The van der Waals surface area contributed by atoms with Crippen molar-refractivity contribution in [3.8, 4) is 11.8 Å². The minimum Gasteiger partial charge on any atom is -0.463 e. The Labute approximate surface area is 271 Å². The summed E-state index contributed by atoms with van der Waals surface area (Å²) in [5.74, 6) is 4.13.